The van der Waals surface area contributed by atoms with Crippen LogP contribution < -0.4 is 10.1 Å². The van der Waals surface area contributed by atoms with Crippen LogP contribution in [0.25, 0.3) is 0 Å². The van der Waals surface area contributed by atoms with E-state index in [0.29, 0.717) is 16.3 Å². The number of carbonyl (C=O) groups excluding carboxylic acids is 1. The van der Waals surface area contributed by atoms with Crippen molar-refractivity contribution >= 4 is 70.7 Å². The molecule has 7 heteroatoms. The van der Waals surface area contributed by atoms with Gasteiger partial charge in [0.05, 0.1) is 21.5 Å². The molecule has 0 unspecified atom stereocenters. The quantitative estimate of drug-likeness (QED) is 0.662. The molecule has 1 aromatic heterocycles. The van der Waals surface area contributed by atoms with Gasteiger partial charge in [0, 0.05) is 8.95 Å². The van der Waals surface area contributed by atoms with Gasteiger partial charge < -0.3 is 10.1 Å². The molecule has 0 aliphatic carbocycles. The lowest BCUT2D eigenvalue weighted by Crippen LogP contribution is -2.11. The molecule has 1 heterocycles. The lowest BCUT2D eigenvalue weighted by molar-refractivity contribution is 0.103. The van der Waals surface area contributed by atoms with Gasteiger partial charge >= 0.3 is 0 Å². The highest BCUT2D eigenvalue weighted by atomic mass is 79.9. The molecule has 0 fully saturated rings. The molecule has 1 amide bonds. The number of anilines is 1. The number of rotatable bonds is 3. The molecule has 3 nitrogen and oxygen atoms in total. The van der Waals surface area contributed by atoms with E-state index < -0.39 is 0 Å². The fourth-order valence-corrected chi connectivity index (χ4v) is 3.71. The van der Waals surface area contributed by atoms with Crippen molar-refractivity contribution in [3.05, 3.63) is 41.9 Å². The second-order valence-corrected chi connectivity index (χ2v) is 7.67. The fraction of sp³-hybridized carbons (Fsp3) is 0.0833. The second kappa shape index (κ2) is 6.39. The Bertz CT molecular complexity index is 608. The van der Waals surface area contributed by atoms with Crippen LogP contribution in [0.5, 0.6) is 5.75 Å². The van der Waals surface area contributed by atoms with E-state index in [-0.39, 0.29) is 5.91 Å². The highest BCUT2D eigenvalue weighted by Gasteiger charge is 2.14. The zero-order valence-electron chi connectivity index (χ0n) is 9.67. The molecule has 2 rings (SSSR count). The minimum atomic E-state index is -0.173. The number of benzene rings is 1. The van der Waals surface area contributed by atoms with Crippen molar-refractivity contribution in [1.82, 2.24) is 0 Å². The van der Waals surface area contributed by atoms with Crippen molar-refractivity contribution in [2.24, 2.45) is 0 Å². The Balaban J connectivity index is 2.25. The van der Waals surface area contributed by atoms with Crippen molar-refractivity contribution in [2.75, 3.05) is 12.4 Å². The monoisotopic (exact) mass is 467 g/mol. The third-order valence-electron chi connectivity index (χ3n) is 2.28. The van der Waals surface area contributed by atoms with Gasteiger partial charge in [0.25, 0.3) is 5.91 Å². The lowest BCUT2D eigenvalue weighted by atomic mass is 10.3. The molecule has 0 spiro atoms. The molecule has 0 bridgehead atoms. The van der Waals surface area contributed by atoms with Crippen LogP contribution >= 0.6 is 59.1 Å². The summed E-state index contributed by atoms with van der Waals surface area (Å²) >= 11 is 11.5. The molecule has 100 valence electrons. The van der Waals surface area contributed by atoms with Crippen LogP contribution in [0.2, 0.25) is 0 Å². The van der Waals surface area contributed by atoms with Crippen molar-refractivity contribution in [3.8, 4) is 5.75 Å². The van der Waals surface area contributed by atoms with Crippen LogP contribution in [0.15, 0.2) is 37.0 Å². The predicted molar refractivity (Wildman–Crippen MR) is 88.4 cm³/mol. The first-order valence-corrected chi connectivity index (χ1v) is 8.30. The first kappa shape index (κ1) is 15.0. The number of amides is 1. The molecular weight excluding hydrogens is 462 g/mol. The summed E-state index contributed by atoms with van der Waals surface area (Å²) in [6, 6.07) is 7.22. The summed E-state index contributed by atoms with van der Waals surface area (Å²) in [5, 5.41) is 2.83. The average molecular weight is 470 g/mol. The average Bonchev–Trinajstić information content (AvgIpc) is 2.70. The maximum atomic E-state index is 12.1. The van der Waals surface area contributed by atoms with Crippen molar-refractivity contribution in [3.63, 3.8) is 0 Å². The van der Waals surface area contributed by atoms with Crippen molar-refractivity contribution in [2.45, 2.75) is 0 Å². The maximum Gasteiger partial charge on any atom is 0.265 e. The molecule has 0 atom stereocenters. The molecule has 0 saturated heterocycles. The topological polar surface area (TPSA) is 38.3 Å². The van der Waals surface area contributed by atoms with Gasteiger partial charge in [-0.15, -0.1) is 11.3 Å². The van der Waals surface area contributed by atoms with Crippen LogP contribution in [-0.4, -0.2) is 13.0 Å². The Morgan fingerprint density at radius 1 is 1.26 bits per heavy atom. The lowest BCUT2D eigenvalue weighted by Gasteiger charge is -2.09. The van der Waals surface area contributed by atoms with E-state index >= 15 is 0 Å². The van der Waals surface area contributed by atoms with E-state index in [1.807, 2.05) is 6.07 Å². The summed E-state index contributed by atoms with van der Waals surface area (Å²) in [4.78, 5) is 12.8. The van der Waals surface area contributed by atoms with Crippen molar-refractivity contribution < 1.29 is 9.53 Å². The largest absolute Gasteiger partial charge is 0.495 e. The maximum absolute atomic E-state index is 12.1. The number of hydrogen-bond donors (Lipinski definition) is 1. The Kier molecular flexibility index (Phi) is 5.05. The molecule has 0 aliphatic heterocycles. The number of hydrogen-bond acceptors (Lipinski definition) is 3. The molecule has 1 N–H and O–H groups in total. The van der Waals surface area contributed by atoms with Crippen LogP contribution in [-0.2, 0) is 0 Å². The fourth-order valence-electron chi connectivity index (χ4n) is 1.42. The third-order valence-corrected chi connectivity index (χ3v) is 6.03. The van der Waals surface area contributed by atoms with Gasteiger partial charge in [-0.3, -0.25) is 4.79 Å². The zero-order valence-corrected chi connectivity index (χ0v) is 15.2. The normalized spacial score (nSPS) is 10.3. The highest BCUT2D eigenvalue weighted by Crippen LogP contribution is 2.34. The number of nitrogens with one attached hydrogen (secondary N) is 1. The Morgan fingerprint density at radius 3 is 2.58 bits per heavy atom. The van der Waals surface area contributed by atoms with Gasteiger partial charge in [-0.25, -0.2) is 0 Å². The molecule has 1 aromatic carbocycles. The van der Waals surface area contributed by atoms with Gasteiger partial charge in [0.15, 0.2) is 0 Å². The van der Waals surface area contributed by atoms with Gasteiger partial charge in [-0.2, -0.15) is 0 Å². The first-order chi connectivity index (χ1) is 9.01. The number of halogens is 3. The van der Waals surface area contributed by atoms with Gasteiger partial charge in [0.2, 0.25) is 0 Å². The molecule has 2 aromatic rings. The summed E-state index contributed by atoms with van der Waals surface area (Å²) in [7, 11) is 1.57. The van der Waals surface area contributed by atoms with E-state index in [9.17, 15) is 4.79 Å². The summed E-state index contributed by atoms with van der Waals surface area (Å²) in [6.07, 6.45) is 0. The Hall–Kier alpha value is -0.370. The van der Waals surface area contributed by atoms with E-state index in [1.165, 1.54) is 11.3 Å². The molecule has 0 saturated carbocycles. The van der Waals surface area contributed by atoms with Crippen LogP contribution in [0.4, 0.5) is 5.69 Å². The summed E-state index contributed by atoms with van der Waals surface area (Å²) in [5.74, 6) is 0.444. The predicted octanol–water partition coefficient (Wildman–Crippen LogP) is 5.30. The Labute approximate surface area is 139 Å². The molecular formula is C12H8Br3NO2S. The summed E-state index contributed by atoms with van der Waals surface area (Å²) < 4.78 is 7.84. The van der Waals surface area contributed by atoms with E-state index in [4.69, 9.17) is 4.74 Å². The second-order valence-electron chi connectivity index (χ2n) is 3.53. The van der Waals surface area contributed by atoms with Gasteiger partial charge in [0.1, 0.15) is 5.75 Å². The summed E-state index contributed by atoms with van der Waals surface area (Å²) in [6.45, 7) is 0. The molecule has 19 heavy (non-hydrogen) atoms. The van der Waals surface area contributed by atoms with Crippen LogP contribution in [0, 0.1) is 0 Å². The van der Waals surface area contributed by atoms with Crippen LogP contribution in [0.3, 0.4) is 0 Å². The van der Waals surface area contributed by atoms with E-state index in [2.05, 4.69) is 53.1 Å². The standard InChI is InChI=1S/C12H8Br3NO2S/c1-18-9-3-2-6(13)4-8(9)16-12(17)10-5-7(14)11(15)19-10/h2-5H,1H3,(H,16,17). The minimum absolute atomic E-state index is 0.173. The number of ether oxygens (including phenoxy) is 1. The number of methoxy groups -OCH3 is 1. The summed E-state index contributed by atoms with van der Waals surface area (Å²) in [5.41, 5.74) is 0.627. The molecule has 0 aliphatic rings. The third kappa shape index (κ3) is 3.59. The van der Waals surface area contributed by atoms with Crippen molar-refractivity contribution in [1.29, 1.82) is 0 Å². The van der Waals surface area contributed by atoms with Gasteiger partial charge in [-0.05, 0) is 56.1 Å². The van der Waals surface area contributed by atoms with E-state index in [1.54, 1.807) is 25.3 Å². The highest BCUT2D eigenvalue weighted by molar-refractivity contribution is 9.13. The smallest absolute Gasteiger partial charge is 0.265 e. The van der Waals surface area contributed by atoms with Crippen LogP contribution in [0.1, 0.15) is 9.67 Å². The Morgan fingerprint density at radius 2 is 2.00 bits per heavy atom. The molecule has 0 radical (unpaired) electrons. The number of carbonyl (C=O) groups is 1. The first-order valence-electron chi connectivity index (χ1n) is 5.11. The zero-order chi connectivity index (χ0) is 14.0. The number of thiophene rings is 1. The van der Waals surface area contributed by atoms with E-state index in [0.717, 1.165) is 12.7 Å². The minimum Gasteiger partial charge on any atom is -0.495 e. The van der Waals surface area contributed by atoms with Gasteiger partial charge in [-0.1, -0.05) is 15.9 Å². The SMILES string of the molecule is COc1ccc(Br)cc1NC(=O)c1cc(Br)c(Br)s1.